The molecule has 1 saturated heterocycles. The van der Waals surface area contributed by atoms with Crippen molar-refractivity contribution in [2.45, 2.75) is 19.1 Å². The van der Waals surface area contributed by atoms with Crippen LogP contribution in [0.2, 0.25) is 0 Å². The number of fused-ring (bicyclic) bond motifs is 1. The van der Waals surface area contributed by atoms with E-state index in [4.69, 9.17) is 10.5 Å². The Hall–Kier alpha value is -2.19. The molecular weight excluding hydrogens is 413 g/mol. The van der Waals surface area contributed by atoms with Gasteiger partial charge >= 0.3 is 0 Å². The SMILES string of the molecule is Cl.Cl.NCCC1CN(C(=O)c2cnc3c(c2)ncn3Cc2ccccc2)CCO1. The maximum Gasteiger partial charge on any atom is 0.255 e. The summed E-state index contributed by atoms with van der Waals surface area (Å²) in [4.78, 5) is 23.6. The Bertz CT molecular complexity index is 933. The van der Waals surface area contributed by atoms with E-state index in [1.54, 1.807) is 12.5 Å². The molecule has 156 valence electrons. The van der Waals surface area contributed by atoms with Crippen molar-refractivity contribution in [2.24, 2.45) is 5.73 Å². The fourth-order valence-electron chi connectivity index (χ4n) is 3.41. The Balaban J connectivity index is 0.00000150. The molecule has 29 heavy (non-hydrogen) atoms. The number of aromatic nitrogens is 3. The van der Waals surface area contributed by atoms with Gasteiger partial charge in [0.1, 0.15) is 5.52 Å². The molecule has 0 saturated carbocycles. The lowest BCUT2D eigenvalue weighted by atomic mass is 10.1. The number of nitrogens with zero attached hydrogens (tertiary/aromatic N) is 4. The Morgan fingerprint density at radius 3 is 2.76 bits per heavy atom. The molecule has 0 spiro atoms. The molecule has 7 nitrogen and oxygen atoms in total. The first-order valence-electron chi connectivity index (χ1n) is 9.20. The van der Waals surface area contributed by atoms with Crippen molar-refractivity contribution < 1.29 is 9.53 Å². The second-order valence-electron chi connectivity index (χ2n) is 6.75. The summed E-state index contributed by atoms with van der Waals surface area (Å²) >= 11 is 0. The number of pyridine rings is 1. The number of imidazole rings is 1. The van der Waals surface area contributed by atoms with Crippen LogP contribution in [0.15, 0.2) is 48.9 Å². The van der Waals surface area contributed by atoms with Gasteiger partial charge in [-0.05, 0) is 24.6 Å². The predicted molar refractivity (Wildman–Crippen MR) is 117 cm³/mol. The van der Waals surface area contributed by atoms with Crippen LogP contribution in [-0.2, 0) is 11.3 Å². The van der Waals surface area contributed by atoms with Crippen LogP contribution in [0, 0.1) is 0 Å². The second kappa shape index (κ2) is 10.5. The van der Waals surface area contributed by atoms with Gasteiger partial charge in [-0.2, -0.15) is 0 Å². The first-order chi connectivity index (χ1) is 13.2. The van der Waals surface area contributed by atoms with Gasteiger partial charge in [-0.3, -0.25) is 4.79 Å². The van der Waals surface area contributed by atoms with Crippen LogP contribution in [0.3, 0.4) is 0 Å². The third-order valence-corrected chi connectivity index (χ3v) is 4.81. The van der Waals surface area contributed by atoms with E-state index in [0.717, 1.165) is 17.6 Å². The van der Waals surface area contributed by atoms with Crippen LogP contribution in [-0.4, -0.2) is 57.7 Å². The van der Waals surface area contributed by atoms with Gasteiger partial charge in [0.2, 0.25) is 0 Å². The van der Waals surface area contributed by atoms with Crippen LogP contribution in [0.5, 0.6) is 0 Å². The summed E-state index contributed by atoms with van der Waals surface area (Å²) in [6.07, 6.45) is 4.17. The van der Waals surface area contributed by atoms with E-state index in [1.165, 1.54) is 5.56 Å². The highest BCUT2D eigenvalue weighted by Crippen LogP contribution is 2.17. The highest BCUT2D eigenvalue weighted by Gasteiger charge is 2.25. The first-order valence-corrected chi connectivity index (χ1v) is 9.20. The number of carbonyl (C=O) groups is 1. The van der Waals surface area contributed by atoms with Crippen LogP contribution in [0.4, 0.5) is 0 Å². The summed E-state index contributed by atoms with van der Waals surface area (Å²) in [5.41, 5.74) is 8.84. The normalized spacial score (nSPS) is 16.2. The average molecular weight is 438 g/mol. The van der Waals surface area contributed by atoms with Gasteiger partial charge in [0, 0.05) is 19.3 Å². The summed E-state index contributed by atoms with van der Waals surface area (Å²) in [6, 6.07) is 12.0. The van der Waals surface area contributed by atoms with Crippen molar-refractivity contribution >= 4 is 41.9 Å². The Labute approximate surface area is 182 Å². The van der Waals surface area contributed by atoms with Crippen LogP contribution < -0.4 is 5.73 Å². The van der Waals surface area contributed by atoms with Gasteiger partial charge in [-0.25, -0.2) is 9.97 Å². The van der Waals surface area contributed by atoms with E-state index < -0.39 is 0 Å². The number of rotatable bonds is 5. The van der Waals surface area contributed by atoms with Crippen molar-refractivity contribution in [3.8, 4) is 0 Å². The summed E-state index contributed by atoms with van der Waals surface area (Å²) in [5.74, 6) is -0.0349. The second-order valence-corrected chi connectivity index (χ2v) is 6.75. The number of hydrogen-bond donors (Lipinski definition) is 1. The number of amides is 1. The summed E-state index contributed by atoms with van der Waals surface area (Å²) in [6.45, 7) is 2.94. The van der Waals surface area contributed by atoms with Crippen molar-refractivity contribution in [2.75, 3.05) is 26.2 Å². The lowest BCUT2D eigenvalue weighted by molar-refractivity contribution is -0.0236. The minimum absolute atomic E-state index is 0. The standard InChI is InChI=1S/C20H23N5O2.2ClH/c21-7-6-17-13-24(8-9-27-17)20(26)16-10-18-19(22-11-16)25(14-23-18)12-15-4-2-1-3-5-15;;/h1-5,10-11,14,17H,6-9,12-13,21H2;2*1H. The Morgan fingerprint density at radius 2 is 2.00 bits per heavy atom. The smallest absolute Gasteiger partial charge is 0.255 e. The molecule has 9 heteroatoms. The molecule has 0 aliphatic carbocycles. The van der Waals surface area contributed by atoms with Crippen LogP contribution >= 0.6 is 24.8 Å². The lowest BCUT2D eigenvalue weighted by Gasteiger charge is -2.32. The van der Waals surface area contributed by atoms with Gasteiger partial charge in [0.05, 0.1) is 31.1 Å². The van der Waals surface area contributed by atoms with E-state index >= 15 is 0 Å². The number of ether oxygens (including phenoxy) is 1. The zero-order valence-electron chi connectivity index (χ0n) is 15.9. The van der Waals surface area contributed by atoms with Gasteiger partial charge in [-0.15, -0.1) is 24.8 Å². The summed E-state index contributed by atoms with van der Waals surface area (Å²) < 4.78 is 7.65. The number of benzene rings is 1. The topological polar surface area (TPSA) is 86.3 Å². The zero-order chi connectivity index (χ0) is 18.6. The molecule has 3 heterocycles. The average Bonchev–Trinajstić information content (AvgIpc) is 3.11. The quantitative estimate of drug-likeness (QED) is 0.662. The van der Waals surface area contributed by atoms with E-state index in [9.17, 15) is 4.79 Å². The summed E-state index contributed by atoms with van der Waals surface area (Å²) in [5, 5.41) is 0. The molecule has 0 bridgehead atoms. The monoisotopic (exact) mass is 437 g/mol. The molecule has 1 amide bonds. The molecule has 3 aromatic rings. The molecule has 1 unspecified atom stereocenters. The molecule has 1 atom stereocenters. The molecule has 1 aromatic carbocycles. The maximum absolute atomic E-state index is 12.9. The number of morpholine rings is 1. The number of halogens is 2. The number of carbonyl (C=O) groups excluding carboxylic acids is 1. The maximum atomic E-state index is 12.9. The number of nitrogens with two attached hydrogens (primary N) is 1. The minimum atomic E-state index is -0.0349. The van der Waals surface area contributed by atoms with Gasteiger partial charge in [-0.1, -0.05) is 30.3 Å². The summed E-state index contributed by atoms with van der Waals surface area (Å²) in [7, 11) is 0. The third-order valence-electron chi connectivity index (χ3n) is 4.81. The van der Waals surface area contributed by atoms with Crippen LogP contribution in [0.25, 0.3) is 11.2 Å². The fraction of sp³-hybridized carbons (Fsp3) is 0.350. The fourth-order valence-corrected chi connectivity index (χ4v) is 3.41. The Kier molecular flexibility index (Phi) is 8.40. The van der Waals surface area contributed by atoms with Crippen molar-refractivity contribution in [3.05, 3.63) is 60.0 Å². The van der Waals surface area contributed by atoms with Crippen molar-refractivity contribution in [1.82, 2.24) is 19.4 Å². The van der Waals surface area contributed by atoms with Gasteiger partial charge < -0.3 is 19.9 Å². The molecule has 4 rings (SSSR count). The number of hydrogen-bond acceptors (Lipinski definition) is 5. The minimum Gasteiger partial charge on any atom is -0.374 e. The molecule has 1 aliphatic rings. The van der Waals surface area contributed by atoms with Gasteiger partial charge in [0.25, 0.3) is 5.91 Å². The van der Waals surface area contributed by atoms with Gasteiger partial charge in [0.15, 0.2) is 5.65 Å². The lowest BCUT2D eigenvalue weighted by Crippen LogP contribution is -2.46. The highest BCUT2D eigenvalue weighted by atomic mass is 35.5. The van der Waals surface area contributed by atoms with E-state index in [-0.39, 0.29) is 36.8 Å². The van der Waals surface area contributed by atoms with E-state index in [0.29, 0.717) is 38.3 Å². The van der Waals surface area contributed by atoms with Crippen molar-refractivity contribution in [3.63, 3.8) is 0 Å². The highest BCUT2D eigenvalue weighted by molar-refractivity contribution is 5.96. The van der Waals surface area contributed by atoms with Crippen molar-refractivity contribution in [1.29, 1.82) is 0 Å². The molecule has 1 fully saturated rings. The first kappa shape index (κ1) is 23.1. The van der Waals surface area contributed by atoms with Crippen LogP contribution in [0.1, 0.15) is 22.3 Å². The van der Waals surface area contributed by atoms with E-state index in [2.05, 4.69) is 22.1 Å². The Morgan fingerprint density at radius 1 is 1.21 bits per heavy atom. The molecule has 2 N–H and O–H groups in total. The largest absolute Gasteiger partial charge is 0.374 e. The third kappa shape index (κ3) is 5.25. The molecule has 2 aromatic heterocycles. The molecule has 0 radical (unpaired) electrons. The molecule has 1 aliphatic heterocycles. The molecular formula is C20H25Cl2N5O2. The predicted octanol–water partition coefficient (Wildman–Crippen LogP) is 2.51. The van der Waals surface area contributed by atoms with E-state index in [1.807, 2.05) is 33.7 Å². The zero-order valence-corrected chi connectivity index (χ0v) is 17.6.